The van der Waals surface area contributed by atoms with Gasteiger partial charge in [-0.25, -0.2) is 0 Å². The number of amides is 2. The number of benzene rings is 3. The highest BCUT2D eigenvalue weighted by Crippen LogP contribution is 2.40. The van der Waals surface area contributed by atoms with E-state index < -0.39 is 16.1 Å². The van der Waals surface area contributed by atoms with E-state index in [0.29, 0.717) is 44.8 Å². The molecule has 0 spiro atoms. The summed E-state index contributed by atoms with van der Waals surface area (Å²) in [6.45, 7) is 2.24. The van der Waals surface area contributed by atoms with Gasteiger partial charge in [0.2, 0.25) is 0 Å². The minimum Gasteiger partial charge on any atom is -0.490 e. The Bertz CT molecular complexity index is 1500. The second-order valence-electron chi connectivity index (χ2n) is 8.02. The highest BCUT2D eigenvalue weighted by molar-refractivity contribution is 9.10. The highest BCUT2D eigenvalue weighted by atomic mass is 79.9. The van der Waals surface area contributed by atoms with E-state index in [1.165, 1.54) is 12.1 Å². The Hall–Kier alpha value is -4.14. The average molecular weight is 594 g/mol. The van der Waals surface area contributed by atoms with E-state index in [4.69, 9.17) is 9.47 Å². The van der Waals surface area contributed by atoms with Gasteiger partial charge < -0.3 is 9.47 Å². The van der Waals surface area contributed by atoms with Crippen LogP contribution in [0.4, 0.5) is 10.5 Å². The summed E-state index contributed by atoms with van der Waals surface area (Å²) in [4.78, 5) is 37.6. The Kier molecular flexibility index (Phi) is 8.45. The van der Waals surface area contributed by atoms with Crippen LogP contribution in [0.2, 0.25) is 0 Å². The number of nitrogens with zero attached hydrogens (tertiary/aromatic N) is 3. The molecule has 1 aliphatic rings. The van der Waals surface area contributed by atoms with Crippen molar-refractivity contribution in [2.75, 3.05) is 6.61 Å². The molecule has 0 saturated carbocycles. The largest absolute Gasteiger partial charge is 0.490 e. The summed E-state index contributed by atoms with van der Waals surface area (Å²) in [5.74, 6) is 0.352. The molecule has 11 heteroatoms. The van der Waals surface area contributed by atoms with Crippen LogP contribution in [-0.2, 0) is 17.9 Å². The fraction of sp³-hybridized carbons (Fsp3) is 0.148. The number of carbonyl (C=O) groups is 2. The van der Waals surface area contributed by atoms with Crippen molar-refractivity contribution in [3.05, 3.63) is 102 Å². The minimum atomic E-state index is -0.468. The molecule has 0 aromatic heterocycles. The molecular formula is C27H20BrN3O6S. The molecule has 1 fully saturated rings. The van der Waals surface area contributed by atoms with Crippen molar-refractivity contribution in [3.63, 3.8) is 0 Å². The number of hydrogen-bond donors (Lipinski definition) is 0. The summed E-state index contributed by atoms with van der Waals surface area (Å²) in [7, 11) is 0. The van der Waals surface area contributed by atoms with Crippen molar-refractivity contribution in [2.45, 2.75) is 20.1 Å². The first kappa shape index (κ1) is 26.9. The van der Waals surface area contributed by atoms with Crippen LogP contribution in [0.5, 0.6) is 11.5 Å². The first-order valence-electron chi connectivity index (χ1n) is 11.4. The van der Waals surface area contributed by atoms with Crippen molar-refractivity contribution in [2.24, 2.45) is 0 Å². The fourth-order valence-corrected chi connectivity index (χ4v) is 5.13. The van der Waals surface area contributed by atoms with E-state index in [0.717, 1.165) is 16.7 Å². The molecule has 0 N–H and O–H groups in total. The molecule has 38 heavy (non-hydrogen) atoms. The van der Waals surface area contributed by atoms with E-state index in [-0.39, 0.29) is 23.7 Å². The maximum atomic E-state index is 13.0. The Balaban J connectivity index is 1.56. The monoisotopic (exact) mass is 593 g/mol. The molecule has 0 atom stereocenters. The van der Waals surface area contributed by atoms with Crippen LogP contribution >= 0.6 is 27.7 Å². The predicted molar refractivity (Wildman–Crippen MR) is 145 cm³/mol. The number of imide groups is 1. The predicted octanol–water partition coefficient (Wildman–Crippen LogP) is 6.44. The van der Waals surface area contributed by atoms with Gasteiger partial charge in [-0.3, -0.25) is 24.6 Å². The lowest BCUT2D eigenvalue weighted by atomic mass is 10.1. The van der Waals surface area contributed by atoms with Gasteiger partial charge in [-0.05, 0) is 75.6 Å². The molecule has 9 nitrogen and oxygen atoms in total. The number of nitro benzene ring substituents is 1. The summed E-state index contributed by atoms with van der Waals surface area (Å²) >= 11 is 4.31. The van der Waals surface area contributed by atoms with Crippen LogP contribution < -0.4 is 9.47 Å². The topological polar surface area (TPSA) is 123 Å². The van der Waals surface area contributed by atoms with Crippen LogP contribution in [0.1, 0.15) is 29.2 Å². The molecule has 1 aliphatic heterocycles. The fourth-order valence-electron chi connectivity index (χ4n) is 3.71. The first-order chi connectivity index (χ1) is 18.3. The molecule has 3 aromatic rings. The number of thioether (sulfide) groups is 1. The quantitative estimate of drug-likeness (QED) is 0.158. The second-order valence-corrected chi connectivity index (χ2v) is 9.86. The van der Waals surface area contributed by atoms with Crippen LogP contribution in [0.25, 0.3) is 6.08 Å². The number of nitriles is 1. The maximum absolute atomic E-state index is 13.0. The van der Waals surface area contributed by atoms with Gasteiger partial charge in [-0.15, -0.1) is 0 Å². The Labute approximate surface area is 230 Å². The van der Waals surface area contributed by atoms with Crippen molar-refractivity contribution >= 4 is 50.6 Å². The molecule has 0 unspecified atom stereocenters. The standard InChI is InChI=1S/C27H20BrN3O6S/c1-2-36-23-12-18(11-22(28)25(23)37-16-17-6-5-9-21(10-17)31(34)35)13-24-26(32)30(27(33)38-24)15-20-8-4-3-7-19(20)14-29/h3-13H,2,15-16H2,1H3/b24-13+. The van der Waals surface area contributed by atoms with Crippen LogP contribution in [-0.4, -0.2) is 27.6 Å². The summed E-state index contributed by atoms with van der Waals surface area (Å²) in [5, 5.41) is 19.9. The molecule has 4 rings (SSSR count). The number of carbonyl (C=O) groups excluding carboxylic acids is 2. The number of rotatable bonds is 9. The summed E-state index contributed by atoms with van der Waals surface area (Å²) in [6.07, 6.45) is 1.60. The number of nitro groups is 1. The van der Waals surface area contributed by atoms with Crippen LogP contribution in [0.15, 0.2) is 70.0 Å². The Morgan fingerprint density at radius 2 is 1.92 bits per heavy atom. The average Bonchev–Trinajstić information content (AvgIpc) is 3.16. The van der Waals surface area contributed by atoms with Crippen molar-refractivity contribution < 1.29 is 24.0 Å². The zero-order valence-corrected chi connectivity index (χ0v) is 22.5. The molecule has 0 aliphatic carbocycles. The number of hydrogen-bond acceptors (Lipinski definition) is 8. The molecule has 3 aromatic carbocycles. The van der Waals surface area contributed by atoms with Gasteiger partial charge in [0.1, 0.15) is 6.61 Å². The van der Waals surface area contributed by atoms with E-state index in [2.05, 4.69) is 22.0 Å². The van der Waals surface area contributed by atoms with E-state index in [1.54, 1.807) is 54.6 Å². The van der Waals surface area contributed by atoms with Gasteiger partial charge in [0, 0.05) is 12.1 Å². The lowest BCUT2D eigenvalue weighted by Crippen LogP contribution is -2.27. The van der Waals surface area contributed by atoms with Gasteiger partial charge in [-0.2, -0.15) is 5.26 Å². The summed E-state index contributed by atoms with van der Waals surface area (Å²) in [6, 6.07) is 18.5. The Morgan fingerprint density at radius 3 is 2.66 bits per heavy atom. The number of ether oxygens (including phenoxy) is 2. The lowest BCUT2D eigenvalue weighted by Gasteiger charge is -2.15. The maximum Gasteiger partial charge on any atom is 0.293 e. The zero-order valence-electron chi connectivity index (χ0n) is 20.0. The molecule has 192 valence electrons. The zero-order chi connectivity index (χ0) is 27.2. The first-order valence-corrected chi connectivity index (χ1v) is 13.0. The summed E-state index contributed by atoms with van der Waals surface area (Å²) < 4.78 is 12.2. The Morgan fingerprint density at radius 1 is 1.13 bits per heavy atom. The molecular weight excluding hydrogens is 574 g/mol. The summed E-state index contributed by atoms with van der Waals surface area (Å²) in [5.41, 5.74) is 2.18. The number of non-ortho nitro benzene ring substituents is 1. The smallest absolute Gasteiger partial charge is 0.293 e. The molecule has 1 heterocycles. The number of halogens is 1. The van der Waals surface area contributed by atoms with Crippen LogP contribution in [0, 0.1) is 21.4 Å². The van der Waals surface area contributed by atoms with E-state index >= 15 is 0 Å². The van der Waals surface area contributed by atoms with Gasteiger partial charge in [0.25, 0.3) is 16.8 Å². The van der Waals surface area contributed by atoms with Crippen LogP contribution in [0.3, 0.4) is 0 Å². The SMILES string of the molecule is CCOc1cc(/C=C2/SC(=O)N(Cc3ccccc3C#N)C2=O)cc(Br)c1OCc1cccc([N+](=O)[O-])c1. The van der Waals surface area contributed by atoms with Crippen molar-refractivity contribution in [1.82, 2.24) is 4.90 Å². The van der Waals surface area contributed by atoms with Gasteiger partial charge in [0.15, 0.2) is 11.5 Å². The third kappa shape index (κ3) is 6.04. The molecule has 0 radical (unpaired) electrons. The minimum absolute atomic E-state index is 0.00402. The lowest BCUT2D eigenvalue weighted by molar-refractivity contribution is -0.384. The highest BCUT2D eigenvalue weighted by Gasteiger charge is 2.35. The van der Waals surface area contributed by atoms with Gasteiger partial charge in [-0.1, -0.05) is 30.3 Å². The third-order valence-corrected chi connectivity index (χ3v) is 6.97. The van der Waals surface area contributed by atoms with Gasteiger partial charge >= 0.3 is 0 Å². The third-order valence-electron chi connectivity index (χ3n) is 5.47. The molecule has 1 saturated heterocycles. The van der Waals surface area contributed by atoms with Crippen molar-refractivity contribution in [1.29, 1.82) is 5.26 Å². The second kappa shape index (κ2) is 11.9. The van der Waals surface area contributed by atoms with Gasteiger partial charge in [0.05, 0.1) is 39.1 Å². The van der Waals surface area contributed by atoms with Crippen molar-refractivity contribution in [3.8, 4) is 17.6 Å². The van der Waals surface area contributed by atoms with E-state index in [1.807, 2.05) is 6.92 Å². The van der Waals surface area contributed by atoms with E-state index in [9.17, 15) is 25.0 Å². The molecule has 2 amide bonds. The molecule has 0 bridgehead atoms. The normalized spacial score (nSPS) is 14.0.